The predicted octanol–water partition coefficient (Wildman–Crippen LogP) is 4.51. The molecule has 1 aromatic heterocycles. The van der Waals surface area contributed by atoms with E-state index >= 15 is 0 Å². The fraction of sp³-hybridized carbons (Fsp3) is 0.217. The maximum absolute atomic E-state index is 12.7. The first-order valence-electron chi connectivity index (χ1n) is 9.26. The third-order valence-electron chi connectivity index (χ3n) is 5.24. The molecule has 0 saturated carbocycles. The summed E-state index contributed by atoms with van der Waals surface area (Å²) in [5.74, 6) is -0.183. The van der Waals surface area contributed by atoms with Crippen LogP contribution in [0.4, 0.5) is 11.4 Å². The van der Waals surface area contributed by atoms with Gasteiger partial charge in [-0.1, -0.05) is 30.3 Å². The molecule has 1 N–H and O–H groups in total. The fourth-order valence-corrected chi connectivity index (χ4v) is 3.47. The molecule has 27 heavy (non-hydrogen) atoms. The molecule has 0 fully saturated rings. The summed E-state index contributed by atoms with van der Waals surface area (Å²) in [6.07, 6.45) is 2.73. The van der Waals surface area contributed by atoms with Gasteiger partial charge in [-0.25, -0.2) is 0 Å². The summed E-state index contributed by atoms with van der Waals surface area (Å²) in [5, 5.41) is 2.95. The highest BCUT2D eigenvalue weighted by molar-refractivity contribution is 6.03. The van der Waals surface area contributed by atoms with Crippen molar-refractivity contribution in [1.29, 1.82) is 0 Å². The van der Waals surface area contributed by atoms with Crippen LogP contribution in [-0.2, 0) is 13.0 Å². The number of rotatable bonds is 3. The topological polar surface area (TPSA) is 45.2 Å². The van der Waals surface area contributed by atoms with Crippen LogP contribution in [0.25, 0.3) is 0 Å². The number of anilines is 2. The summed E-state index contributed by atoms with van der Waals surface area (Å²) in [5.41, 5.74) is 7.38. The van der Waals surface area contributed by atoms with Gasteiger partial charge in [-0.2, -0.15) is 0 Å². The molecule has 4 rings (SSSR count). The highest BCUT2D eigenvalue weighted by Crippen LogP contribution is 2.25. The van der Waals surface area contributed by atoms with E-state index in [1.165, 1.54) is 16.7 Å². The summed E-state index contributed by atoms with van der Waals surface area (Å²) in [7, 11) is 0. The molecule has 0 spiro atoms. The van der Waals surface area contributed by atoms with E-state index in [1.54, 1.807) is 6.20 Å². The van der Waals surface area contributed by atoms with Gasteiger partial charge in [0.1, 0.15) is 5.69 Å². The number of fused-ring (bicyclic) bond motifs is 1. The zero-order chi connectivity index (χ0) is 18.8. The minimum atomic E-state index is -0.183. The first kappa shape index (κ1) is 17.3. The summed E-state index contributed by atoms with van der Waals surface area (Å²) in [4.78, 5) is 19.2. The second-order valence-corrected chi connectivity index (χ2v) is 7.09. The van der Waals surface area contributed by atoms with Crippen LogP contribution in [-0.4, -0.2) is 17.4 Å². The standard InChI is InChI=1S/C23H23N3O/c1-16-7-8-20(13-17(16)2)25-23(27)22-14-21(9-11-24-22)26-12-10-18-5-3-4-6-19(18)15-26/h3-9,11,13-14H,10,12,15H2,1-2H3,(H,25,27). The molecule has 2 aromatic carbocycles. The van der Waals surface area contributed by atoms with E-state index in [4.69, 9.17) is 0 Å². The lowest BCUT2D eigenvalue weighted by atomic mass is 9.99. The Balaban J connectivity index is 1.52. The molecule has 1 aliphatic rings. The van der Waals surface area contributed by atoms with Crippen LogP contribution in [0.2, 0.25) is 0 Å². The van der Waals surface area contributed by atoms with Crippen LogP contribution < -0.4 is 10.2 Å². The van der Waals surface area contributed by atoms with Gasteiger partial charge < -0.3 is 10.2 Å². The van der Waals surface area contributed by atoms with Crippen LogP contribution in [0.15, 0.2) is 60.8 Å². The van der Waals surface area contributed by atoms with Gasteiger partial charge in [0.2, 0.25) is 0 Å². The highest BCUT2D eigenvalue weighted by atomic mass is 16.1. The Morgan fingerprint density at radius 3 is 2.63 bits per heavy atom. The molecule has 0 bridgehead atoms. The van der Waals surface area contributed by atoms with Crippen LogP contribution in [0.1, 0.15) is 32.7 Å². The minimum absolute atomic E-state index is 0.183. The summed E-state index contributed by atoms with van der Waals surface area (Å²) in [6.45, 7) is 5.90. The molecule has 1 aliphatic heterocycles. The zero-order valence-corrected chi connectivity index (χ0v) is 15.7. The lowest BCUT2D eigenvalue weighted by Gasteiger charge is -2.30. The normalized spacial score (nSPS) is 13.2. The summed E-state index contributed by atoms with van der Waals surface area (Å²) >= 11 is 0. The Morgan fingerprint density at radius 2 is 1.81 bits per heavy atom. The van der Waals surface area contributed by atoms with Crippen molar-refractivity contribution >= 4 is 17.3 Å². The highest BCUT2D eigenvalue weighted by Gasteiger charge is 2.17. The number of benzene rings is 2. The van der Waals surface area contributed by atoms with Crippen LogP contribution in [0.5, 0.6) is 0 Å². The van der Waals surface area contributed by atoms with E-state index in [2.05, 4.69) is 46.4 Å². The van der Waals surface area contributed by atoms with Gasteiger partial charge in [-0.15, -0.1) is 0 Å². The molecule has 136 valence electrons. The Kier molecular flexibility index (Phi) is 4.63. The molecule has 2 heterocycles. The lowest BCUT2D eigenvalue weighted by molar-refractivity contribution is 0.102. The van der Waals surface area contributed by atoms with E-state index < -0.39 is 0 Å². The van der Waals surface area contributed by atoms with Gasteiger partial charge >= 0.3 is 0 Å². The van der Waals surface area contributed by atoms with Gasteiger partial charge in [0.15, 0.2) is 0 Å². The SMILES string of the molecule is Cc1ccc(NC(=O)c2cc(N3CCc4ccccc4C3)ccn2)cc1C. The number of amides is 1. The van der Waals surface area contributed by atoms with Gasteiger partial charge in [-0.3, -0.25) is 9.78 Å². The number of pyridine rings is 1. The average molecular weight is 357 g/mol. The number of carbonyl (C=O) groups is 1. The van der Waals surface area contributed by atoms with Crippen molar-refractivity contribution in [2.45, 2.75) is 26.8 Å². The minimum Gasteiger partial charge on any atom is -0.367 e. The monoisotopic (exact) mass is 357 g/mol. The van der Waals surface area contributed by atoms with Crippen LogP contribution in [0.3, 0.4) is 0 Å². The molecule has 0 atom stereocenters. The molecule has 0 unspecified atom stereocenters. The van der Waals surface area contributed by atoms with Crippen molar-refractivity contribution in [1.82, 2.24) is 4.98 Å². The van der Waals surface area contributed by atoms with Crippen molar-refractivity contribution in [3.8, 4) is 0 Å². The molecule has 0 saturated heterocycles. The maximum Gasteiger partial charge on any atom is 0.274 e. The molecule has 0 aliphatic carbocycles. The van der Waals surface area contributed by atoms with Crippen LogP contribution in [0, 0.1) is 13.8 Å². The predicted molar refractivity (Wildman–Crippen MR) is 109 cm³/mol. The molecule has 3 aromatic rings. The van der Waals surface area contributed by atoms with Crippen molar-refractivity contribution < 1.29 is 4.79 Å². The van der Waals surface area contributed by atoms with Gasteiger partial charge in [0, 0.05) is 30.7 Å². The lowest BCUT2D eigenvalue weighted by Crippen LogP contribution is -2.30. The fourth-order valence-electron chi connectivity index (χ4n) is 3.47. The van der Waals surface area contributed by atoms with Crippen molar-refractivity contribution in [2.24, 2.45) is 0 Å². The number of aryl methyl sites for hydroxylation is 2. The van der Waals surface area contributed by atoms with Crippen molar-refractivity contribution in [3.05, 3.63) is 88.7 Å². The van der Waals surface area contributed by atoms with E-state index in [-0.39, 0.29) is 5.91 Å². The van der Waals surface area contributed by atoms with Crippen molar-refractivity contribution in [3.63, 3.8) is 0 Å². The average Bonchev–Trinajstić information content (AvgIpc) is 2.70. The zero-order valence-electron chi connectivity index (χ0n) is 15.7. The number of aromatic nitrogens is 1. The maximum atomic E-state index is 12.7. The summed E-state index contributed by atoms with van der Waals surface area (Å²) in [6, 6.07) is 18.3. The van der Waals surface area contributed by atoms with E-state index in [0.717, 1.165) is 36.4 Å². The Morgan fingerprint density at radius 1 is 1.00 bits per heavy atom. The van der Waals surface area contributed by atoms with E-state index in [1.807, 2.05) is 37.3 Å². The second kappa shape index (κ2) is 7.23. The van der Waals surface area contributed by atoms with E-state index in [0.29, 0.717) is 5.69 Å². The second-order valence-electron chi connectivity index (χ2n) is 7.09. The largest absolute Gasteiger partial charge is 0.367 e. The molecular weight excluding hydrogens is 334 g/mol. The Labute approximate surface area is 159 Å². The first-order valence-corrected chi connectivity index (χ1v) is 9.26. The quantitative estimate of drug-likeness (QED) is 0.750. The Bertz CT molecular complexity index is 996. The smallest absolute Gasteiger partial charge is 0.274 e. The van der Waals surface area contributed by atoms with E-state index in [9.17, 15) is 4.79 Å². The molecule has 1 amide bonds. The van der Waals surface area contributed by atoms with Crippen LogP contribution >= 0.6 is 0 Å². The van der Waals surface area contributed by atoms with Gasteiger partial charge in [0.05, 0.1) is 0 Å². The number of hydrogen-bond donors (Lipinski definition) is 1. The summed E-state index contributed by atoms with van der Waals surface area (Å²) < 4.78 is 0. The van der Waals surface area contributed by atoms with Crippen molar-refractivity contribution in [2.75, 3.05) is 16.8 Å². The number of nitrogens with one attached hydrogen (secondary N) is 1. The van der Waals surface area contributed by atoms with Gasteiger partial charge in [-0.05, 0) is 66.8 Å². The first-order chi connectivity index (χ1) is 13.1. The molecule has 4 heteroatoms. The number of nitrogens with zero attached hydrogens (tertiary/aromatic N) is 2. The molecule has 4 nitrogen and oxygen atoms in total. The third-order valence-corrected chi connectivity index (χ3v) is 5.24. The van der Waals surface area contributed by atoms with Gasteiger partial charge in [0.25, 0.3) is 5.91 Å². The Hall–Kier alpha value is -3.14. The molecule has 0 radical (unpaired) electrons. The number of hydrogen-bond acceptors (Lipinski definition) is 3. The molecular formula is C23H23N3O. The number of carbonyl (C=O) groups excluding carboxylic acids is 1. The third kappa shape index (κ3) is 3.70.